The number of hydrogen-bond donors (Lipinski definition) is 0. The van der Waals surface area contributed by atoms with Crippen molar-refractivity contribution in [2.24, 2.45) is 0 Å². The fourth-order valence-electron chi connectivity index (χ4n) is 0. The van der Waals surface area contributed by atoms with Gasteiger partial charge in [-0.15, -0.1) is 0 Å². The fraction of sp³-hybridized carbons (Fsp3) is 1.00. The van der Waals surface area contributed by atoms with Crippen LogP contribution in [-0.2, 0) is 0 Å². The Hall–Kier alpha value is 3.54. The average molecular weight is 298 g/mol. The summed E-state index contributed by atoms with van der Waals surface area (Å²) in [5, 5.41) is 56.2. The Bertz CT molecular complexity index is 96.4. The zero-order valence-corrected chi connectivity index (χ0v) is 15.6. The Morgan fingerprint density at radius 1 is 0.600 bits per heavy atom. The number of hydrogen-bond acceptors (Lipinski definition) is 6. The molecular formula is C6H10Ca3O6. The van der Waals surface area contributed by atoms with E-state index in [4.69, 9.17) is 0 Å². The van der Waals surface area contributed by atoms with Crippen LogP contribution in [0.4, 0.5) is 0 Å². The van der Waals surface area contributed by atoms with Gasteiger partial charge in [0.15, 0.2) is 0 Å². The Morgan fingerprint density at radius 2 is 0.667 bits per heavy atom. The van der Waals surface area contributed by atoms with Gasteiger partial charge in [0.05, 0.1) is 0 Å². The van der Waals surface area contributed by atoms with Crippen molar-refractivity contribution < 1.29 is 30.6 Å². The molecule has 0 aliphatic carbocycles. The predicted molar refractivity (Wildman–Crippen MR) is 43.3 cm³/mol. The molecule has 0 rings (SSSR count). The second-order valence-electron chi connectivity index (χ2n) is 2.07. The normalized spacial score (nSPS) is 9.60. The van der Waals surface area contributed by atoms with Gasteiger partial charge >= 0.3 is 113 Å². The summed E-state index contributed by atoms with van der Waals surface area (Å²) in [7, 11) is 0. The van der Waals surface area contributed by atoms with Crippen LogP contribution in [0.1, 0.15) is 26.7 Å². The van der Waals surface area contributed by atoms with E-state index < -0.39 is 24.8 Å². The van der Waals surface area contributed by atoms with Crippen LogP contribution < -0.4 is 30.6 Å². The number of rotatable bonds is 2. The minimum atomic E-state index is -3.21. The monoisotopic (exact) mass is 298 g/mol. The standard InChI is InChI=1S/2C3H5O3.3Ca/c2*1-2-3(4,5)6;;;/h2*2H2,1H3;;;/q2*-3;3*+2. The summed E-state index contributed by atoms with van der Waals surface area (Å²) in [6, 6.07) is 0. The summed E-state index contributed by atoms with van der Waals surface area (Å²) in [6.07, 6.45) is -0.792. The largest absolute Gasteiger partial charge is 2.00 e. The molecule has 0 saturated carbocycles. The molecule has 0 atom stereocenters. The molecule has 0 fully saturated rings. The van der Waals surface area contributed by atoms with Gasteiger partial charge < -0.3 is 42.6 Å². The van der Waals surface area contributed by atoms with Crippen LogP contribution in [-0.4, -0.2) is 125 Å². The Labute approximate surface area is 179 Å². The maximum atomic E-state index is 9.36. The maximum absolute atomic E-state index is 9.36. The minimum absolute atomic E-state index is 0. The van der Waals surface area contributed by atoms with Crippen molar-refractivity contribution in [3.63, 3.8) is 0 Å². The van der Waals surface area contributed by atoms with E-state index in [1.54, 1.807) is 0 Å². The van der Waals surface area contributed by atoms with Gasteiger partial charge in [0.2, 0.25) is 0 Å². The summed E-state index contributed by atoms with van der Waals surface area (Å²) in [5.74, 6) is -6.42. The first-order valence-electron chi connectivity index (χ1n) is 3.35. The topological polar surface area (TPSA) is 138 Å². The third-order valence-electron chi connectivity index (χ3n) is 0.866. The summed E-state index contributed by atoms with van der Waals surface area (Å²) in [6.45, 7) is 2.54. The van der Waals surface area contributed by atoms with E-state index in [0.717, 1.165) is 0 Å². The van der Waals surface area contributed by atoms with Crippen molar-refractivity contribution in [2.45, 2.75) is 38.6 Å². The zero-order valence-electron chi connectivity index (χ0n) is 8.99. The van der Waals surface area contributed by atoms with Crippen molar-refractivity contribution in [3.05, 3.63) is 0 Å². The average Bonchev–Trinajstić information content (AvgIpc) is 1.86. The molecular weight excluding hydrogens is 288 g/mol. The van der Waals surface area contributed by atoms with Crippen LogP contribution >= 0.6 is 0 Å². The van der Waals surface area contributed by atoms with E-state index in [0.29, 0.717) is 0 Å². The molecule has 15 heavy (non-hydrogen) atoms. The first kappa shape index (κ1) is 31.1. The van der Waals surface area contributed by atoms with Gasteiger partial charge in [-0.1, -0.05) is 26.7 Å². The van der Waals surface area contributed by atoms with Crippen molar-refractivity contribution in [1.29, 1.82) is 0 Å². The van der Waals surface area contributed by atoms with Crippen LogP contribution in [0.2, 0.25) is 0 Å². The van der Waals surface area contributed by atoms with E-state index in [9.17, 15) is 30.6 Å². The SMILES string of the molecule is CCC([O-])([O-])[O-].CCC([O-])([O-])[O-].[Ca+2].[Ca+2].[Ca+2]. The van der Waals surface area contributed by atoms with E-state index in [-0.39, 0.29) is 113 Å². The van der Waals surface area contributed by atoms with Crippen LogP contribution in [0.3, 0.4) is 0 Å². The molecule has 76 valence electrons. The van der Waals surface area contributed by atoms with Gasteiger partial charge in [-0.2, -0.15) is 0 Å². The van der Waals surface area contributed by atoms with Gasteiger partial charge in [0, 0.05) is 0 Å². The summed E-state index contributed by atoms with van der Waals surface area (Å²) in [4.78, 5) is 0. The van der Waals surface area contributed by atoms with Gasteiger partial charge in [0.1, 0.15) is 0 Å². The first-order valence-corrected chi connectivity index (χ1v) is 3.35. The van der Waals surface area contributed by atoms with E-state index in [1.807, 2.05) is 0 Å². The van der Waals surface area contributed by atoms with Gasteiger partial charge in [0.25, 0.3) is 0 Å². The third kappa shape index (κ3) is 46.5. The molecule has 0 amide bonds. The fourth-order valence-corrected chi connectivity index (χ4v) is 0. The van der Waals surface area contributed by atoms with Crippen LogP contribution in [0.5, 0.6) is 0 Å². The van der Waals surface area contributed by atoms with E-state index in [2.05, 4.69) is 0 Å². The van der Waals surface area contributed by atoms with Crippen molar-refractivity contribution in [1.82, 2.24) is 0 Å². The minimum Gasteiger partial charge on any atom is -0.876 e. The Balaban J connectivity index is -0.0000000370. The molecule has 0 saturated heterocycles. The molecule has 0 bridgehead atoms. The third-order valence-corrected chi connectivity index (χ3v) is 0.866. The molecule has 0 N–H and O–H groups in total. The van der Waals surface area contributed by atoms with E-state index >= 15 is 0 Å². The van der Waals surface area contributed by atoms with E-state index in [1.165, 1.54) is 13.8 Å². The Morgan fingerprint density at radius 3 is 0.667 bits per heavy atom. The molecule has 0 spiro atoms. The first-order chi connectivity index (χ1) is 5.12. The summed E-state index contributed by atoms with van der Waals surface area (Å²) < 4.78 is 0. The molecule has 0 aliphatic rings. The van der Waals surface area contributed by atoms with Crippen molar-refractivity contribution in [2.75, 3.05) is 0 Å². The molecule has 0 aromatic heterocycles. The van der Waals surface area contributed by atoms with Crippen LogP contribution in [0.25, 0.3) is 0 Å². The second-order valence-corrected chi connectivity index (χ2v) is 2.07. The zero-order chi connectivity index (χ0) is 10.4. The smallest absolute Gasteiger partial charge is 0.876 e. The second kappa shape index (κ2) is 15.6. The molecule has 0 aromatic rings. The van der Waals surface area contributed by atoms with Crippen molar-refractivity contribution in [3.8, 4) is 0 Å². The quantitative estimate of drug-likeness (QED) is 0.367. The molecule has 0 aliphatic heterocycles. The van der Waals surface area contributed by atoms with Crippen molar-refractivity contribution >= 4 is 113 Å². The summed E-state index contributed by atoms with van der Waals surface area (Å²) >= 11 is 0. The molecule has 0 heterocycles. The Kier molecular flexibility index (Phi) is 32.3. The molecule has 9 heteroatoms. The van der Waals surface area contributed by atoms with Gasteiger partial charge in [-0.3, -0.25) is 0 Å². The van der Waals surface area contributed by atoms with Gasteiger partial charge in [-0.05, 0) is 0 Å². The van der Waals surface area contributed by atoms with Crippen LogP contribution in [0.15, 0.2) is 0 Å². The summed E-state index contributed by atoms with van der Waals surface area (Å²) in [5.41, 5.74) is 0. The molecule has 0 unspecified atom stereocenters. The maximum Gasteiger partial charge on any atom is 2.00 e. The molecule has 6 nitrogen and oxygen atoms in total. The van der Waals surface area contributed by atoms with Gasteiger partial charge in [-0.25, -0.2) is 0 Å². The molecule has 0 aromatic carbocycles. The van der Waals surface area contributed by atoms with Crippen LogP contribution in [0, 0.1) is 0 Å². The predicted octanol–water partition coefficient (Wildman–Crippen LogP) is -6.88. The molecule has 0 radical (unpaired) electrons.